The fourth-order valence-electron chi connectivity index (χ4n) is 0.992. The van der Waals surface area contributed by atoms with Gasteiger partial charge in [0.05, 0.1) is 6.10 Å². The van der Waals surface area contributed by atoms with E-state index in [0.717, 1.165) is 19.3 Å². The maximum Gasteiger partial charge on any atom is 0.159 e. The predicted octanol–water partition coefficient (Wildman–Crippen LogP) is 1.25. The molecular formula is C11H27NO3. The Balaban J connectivity index is 0. The minimum Gasteiger partial charge on any atom is -0.393 e. The van der Waals surface area contributed by atoms with Gasteiger partial charge in [-0.05, 0) is 33.1 Å². The van der Waals surface area contributed by atoms with E-state index in [4.69, 9.17) is 15.9 Å². The van der Waals surface area contributed by atoms with Crippen molar-refractivity contribution in [3.05, 3.63) is 0 Å². The molecule has 2 unspecified atom stereocenters. The van der Waals surface area contributed by atoms with E-state index in [1.165, 1.54) is 7.11 Å². The molecule has 1 fully saturated rings. The zero-order chi connectivity index (χ0) is 12.5. The van der Waals surface area contributed by atoms with Crippen LogP contribution < -0.4 is 5.73 Å². The molecule has 94 valence electrons. The predicted molar refractivity (Wildman–Crippen MR) is 62.5 cm³/mol. The molecule has 0 amide bonds. The van der Waals surface area contributed by atoms with Gasteiger partial charge in [0.15, 0.2) is 5.79 Å². The van der Waals surface area contributed by atoms with Crippen LogP contribution in [0.1, 0.15) is 47.0 Å². The Hall–Kier alpha value is -0.160. The van der Waals surface area contributed by atoms with Crippen LogP contribution in [0, 0.1) is 0 Å². The van der Waals surface area contributed by atoms with Gasteiger partial charge in [-0.1, -0.05) is 13.8 Å². The topological polar surface area (TPSA) is 75.7 Å². The first-order valence-corrected chi connectivity index (χ1v) is 5.56. The summed E-state index contributed by atoms with van der Waals surface area (Å²) in [5, 5.41) is 17.4. The minimum atomic E-state index is -0.958. The fourth-order valence-corrected chi connectivity index (χ4v) is 0.992. The summed E-state index contributed by atoms with van der Waals surface area (Å²) in [5.74, 6) is -0.958. The lowest BCUT2D eigenvalue weighted by molar-refractivity contribution is -0.155. The lowest BCUT2D eigenvalue weighted by Gasteiger charge is -2.12. The number of aliphatic hydroxyl groups is 2. The number of hydrogen-bond donors (Lipinski definition) is 3. The first-order valence-electron chi connectivity index (χ1n) is 5.56. The molecule has 0 radical (unpaired) electrons. The van der Waals surface area contributed by atoms with Crippen LogP contribution in [0.25, 0.3) is 0 Å². The molecule has 0 bridgehead atoms. The zero-order valence-corrected chi connectivity index (χ0v) is 10.7. The molecule has 0 aromatic heterocycles. The molecule has 0 aromatic carbocycles. The largest absolute Gasteiger partial charge is 0.393 e. The lowest BCUT2D eigenvalue weighted by atomic mass is 10.3. The third-order valence-electron chi connectivity index (χ3n) is 1.95. The van der Waals surface area contributed by atoms with Crippen molar-refractivity contribution < 1.29 is 14.9 Å². The van der Waals surface area contributed by atoms with Gasteiger partial charge in [0.1, 0.15) is 0 Å². The second kappa shape index (κ2) is 9.09. The lowest BCUT2D eigenvalue weighted by Crippen LogP contribution is -2.20. The molecule has 0 heterocycles. The van der Waals surface area contributed by atoms with Crippen LogP contribution in [0.4, 0.5) is 0 Å². The van der Waals surface area contributed by atoms with Crippen LogP contribution in [-0.2, 0) is 4.74 Å². The summed E-state index contributed by atoms with van der Waals surface area (Å²) in [6.45, 7) is 7.15. The monoisotopic (exact) mass is 221 g/mol. The average molecular weight is 221 g/mol. The standard InChI is InChI=1S/C5H11NO.C4H10O2.C2H6/c6-4-1-2-5(7)3-4;1-4(2,5)6-3;1-2/h4-5,7H,1-3,6H2;5H,1-3H3;1-2H3. The van der Waals surface area contributed by atoms with Gasteiger partial charge in [-0.2, -0.15) is 0 Å². The van der Waals surface area contributed by atoms with E-state index in [2.05, 4.69) is 4.74 Å². The molecule has 4 N–H and O–H groups in total. The van der Waals surface area contributed by atoms with E-state index in [-0.39, 0.29) is 12.1 Å². The highest BCUT2D eigenvalue weighted by Crippen LogP contribution is 2.15. The Morgan fingerprint density at radius 2 is 1.67 bits per heavy atom. The highest BCUT2D eigenvalue weighted by molar-refractivity contribution is 4.76. The van der Waals surface area contributed by atoms with Crippen molar-refractivity contribution in [2.45, 2.75) is 64.9 Å². The highest BCUT2D eigenvalue weighted by atomic mass is 16.6. The van der Waals surface area contributed by atoms with Gasteiger partial charge in [0, 0.05) is 13.2 Å². The second-order valence-corrected chi connectivity index (χ2v) is 3.88. The van der Waals surface area contributed by atoms with E-state index >= 15 is 0 Å². The molecule has 15 heavy (non-hydrogen) atoms. The molecule has 1 rings (SSSR count). The first-order chi connectivity index (χ1) is 6.85. The molecule has 4 heteroatoms. The maximum atomic E-state index is 8.82. The zero-order valence-electron chi connectivity index (χ0n) is 10.7. The summed E-state index contributed by atoms with van der Waals surface area (Å²) < 4.78 is 4.49. The Kier molecular flexibility index (Phi) is 10.5. The van der Waals surface area contributed by atoms with Crippen molar-refractivity contribution in [2.24, 2.45) is 5.73 Å². The molecule has 4 nitrogen and oxygen atoms in total. The van der Waals surface area contributed by atoms with Crippen molar-refractivity contribution in [1.29, 1.82) is 0 Å². The van der Waals surface area contributed by atoms with Gasteiger partial charge in [0.25, 0.3) is 0 Å². The summed E-state index contributed by atoms with van der Waals surface area (Å²) in [6, 6.07) is 0.273. The summed E-state index contributed by atoms with van der Waals surface area (Å²) in [4.78, 5) is 0. The SMILES string of the molecule is CC.COC(C)(C)O.NC1CCC(O)C1. The summed E-state index contributed by atoms with van der Waals surface area (Å²) in [5.41, 5.74) is 5.47. The minimum absolute atomic E-state index is 0.102. The van der Waals surface area contributed by atoms with Crippen LogP contribution in [0.2, 0.25) is 0 Å². The molecule has 0 saturated heterocycles. The van der Waals surface area contributed by atoms with Crippen molar-refractivity contribution >= 4 is 0 Å². The third kappa shape index (κ3) is 13.8. The van der Waals surface area contributed by atoms with Crippen molar-refractivity contribution in [3.63, 3.8) is 0 Å². The number of nitrogens with two attached hydrogens (primary N) is 1. The molecule has 1 saturated carbocycles. The van der Waals surface area contributed by atoms with Gasteiger partial charge < -0.3 is 20.7 Å². The number of rotatable bonds is 1. The normalized spacial score (nSPS) is 24.8. The third-order valence-corrected chi connectivity index (χ3v) is 1.95. The van der Waals surface area contributed by atoms with Gasteiger partial charge in [-0.3, -0.25) is 0 Å². The molecule has 0 aliphatic heterocycles. The van der Waals surface area contributed by atoms with Gasteiger partial charge in [-0.25, -0.2) is 0 Å². The molecule has 2 atom stereocenters. The summed E-state index contributed by atoms with van der Waals surface area (Å²) in [7, 11) is 1.46. The molecule has 0 aromatic rings. The molecule has 1 aliphatic rings. The fraction of sp³-hybridized carbons (Fsp3) is 1.00. The van der Waals surface area contributed by atoms with Crippen LogP contribution >= 0.6 is 0 Å². The van der Waals surface area contributed by atoms with Crippen molar-refractivity contribution in [2.75, 3.05) is 7.11 Å². The van der Waals surface area contributed by atoms with Crippen LogP contribution in [0.15, 0.2) is 0 Å². The smallest absolute Gasteiger partial charge is 0.159 e. The van der Waals surface area contributed by atoms with Crippen molar-refractivity contribution in [1.82, 2.24) is 0 Å². The summed E-state index contributed by atoms with van der Waals surface area (Å²) in [6.07, 6.45) is 2.61. The quantitative estimate of drug-likeness (QED) is 0.582. The van der Waals surface area contributed by atoms with E-state index in [0.29, 0.717) is 0 Å². The van der Waals surface area contributed by atoms with Crippen LogP contribution in [0.3, 0.4) is 0 Å². The van der Waals surface area contributed by atoms with Crippen molar-refractivity contribution in [3.8, 4) is 0 Å². The average Bonchev–Trinajstić information content (AvgIpc) is 2.53. The maximum absolute atomic E-state index is 8.82. The van der Waals surface area contributed by atoms with Crippen LogP contribution in [-0.4, -0.2) is 35.3 Å². The molecular weight excluding hydrogens is 194 g/mol. The van der Waals surface area contributed by atoms with Crippen LogP contribution in [0.5, 0.6) is 0 Å². The Morgan fingerprint density at radius 3 is 1.73 bits per heavy atom. The summed E-state index contributed by atoms with van der Waals surface area (Å²) >= 11 is 0. The highest BCUT2D eigenvalue weighted by Gasteiger charge is 2.18. The number of aliphatic hydroxyl groups excluding tert-OH is 1. The van der Waals surface area contributed by atoms with Gasteiger partial charge in [0.2, 0.25) is 0 Å². The molecule has 1 aliphatic carbocycles. The number of ether oxygens (including phenoxy) is 1. The Bertz CT molecular complexity index is 126. The van der Waals surface area contributed by atoms with Gasteiger partial charge >= 0.3 is 0 Å². The number of methoxy groups -OCH3 is 1. The Morgan fingerprint density at radius 1 is 1.27 bits per heavy atom. The Labute approximate surface area is 93.4 Å². The van der Waals surface area contributed by atoms with E-state index < -0.39 is 5.79 Å². The van der Waals surface area contributed by atoms with E-state index in [9.17, 15) is 0 Å². The van der Waals surface area contributed by atoms with Gasteiger partial charge in [-0.15, -0.1) is 0 Å². The number of hydrogen-bond acceptors (Lipinski definition) is 4. The first kappa shape index (κ1) is 17.2. The van der Waals surface area contributed by atoms with E-state index in [1.54, 1.807) is 13.8 Å². The van der Waals surface area contributed by atoms with E-state index in [1.807, 2.05) is 13.8 Å². The molecule has 0 spiro atoms. The second-order valence-electron chi connectivity index (χ2n) is 3.88.